The van der Waals surface area contributed by atoms with E-state index in [-0.39, 0.29) is 0 Å². The van der Waals surface area contributed by atoms with E-state index in [2.05, 4.69) is 5.16 Å². The van der Waals surface area contributed by atoms with Gasteiger partial charge in [0.1, 0.15) is 0 Å². The molecule has 0 aliphatic heterocycles. The second-order valence-corrected chi connectivity index (χ2v) is 4.13. The highest BCUT2D eigenvalue weighted by Gasteiger charge is 2.32. The molecule has 68 valence electrons. The molecule has 2 rings (SSSR count). The maximum absolute atomic E-state index is 8.82. The molecule has 2 nitrogen and oxygen atoms in total. The molecule has 0 amide bonds. The van der Waals surface area contributed by atoms with E-state index in [4.69, 9.17) is 5.21 Å². The Morgan fingerprint density at radius 2 is 1.83 bits per heavy atom. The van der Waals surface area contributed by atoms with Gasteiger partial charge in [0.05, 0.1) is 5.71 Å². The van der Waals surface area contributed by atoms with Crippen LogP contribution in [0.4, 0.5) is 0 Å². The second-order valence-electron chi connectivity index (χ2n) is 4.13. The molecule has 2 aliphatic carbocycles. The highest BCUT2D eigenvalue weighted by atomic mass is 16.4. The first-order chi connectivity index (χ1) is 5.92. The monoisotopic (exact) mass is 167 g/mol. The summed E-state index contributed by atoms with van der Waals surface area (Å²) >= 11 is 0. The van der Waals surface area contributed by atoms with Crippen LogP contribution in [0.15, 0.2) is 5.16 Å². The highest BCUT2D eigenvalue weighted by Crippen LogP contribution is 2.38. The normalized spacial score (nSPS) is 39.5. The largest absolute Gasteiger partial charge is 0.411 e. The molecular weight excluding hydrogens is 150 g/mol. The molecule has 0 aromatic rings. The smallest absolute Gasteiger partial charge is 0.0604 e. The third-order valence-corrected chi connectivity index (χ3v) is 3.47. The van der Waals surface area contributed by atoms with Crippen molar-refractivity contribution in [1.82, 2.24) is 0 Å². The second kappa shape index (κ2) is 3.46. The first-order valence-corrected chi connectivity index (χ1v) is 5.12. The molecule has 0 bridgehead atoms. The Morgan fingerprint density at radius 1 is 1.08 bits per heavy atom. The molecule has 0 heterocycles. The van der Waals surface area contributed by atoms with E-state index in [9.17, 15) is 0 Å². The van der Waals surface area contributed by atoms with Gasteiger partial charge in [-0.05, 0) is 38.0 Å². The predicted molar refractivity (Wildman–Crippen MR) is 48.5 cm³/mol. The molecule has 2 heteroatoms. The van der Waals surface area contributed by atoms with Crippen LogP contribution in [0.2, 0.25) is 0 Å². The number of hydrogen-bond donors (Lipinski definition) is 1. The fourth-order valence-electron chi connectivity index (χ4n) is 2.85. The maximum Gasteiger partial charge on any atom is 0.0604 e. The fourth-order valence-corrected chi connectivity index (χ4v) is 2.85. The standard InChI is InChI=1S/C10H17NO/c12-11-10-7-3-5-8-4-1-2-6-9(8)10/h8-9,12H,1-7H2/b11-10-. The minimum atomic E-state index is 0.637. The maximum atomic E-state index is 8.82. The molecular formula is C10H17NO. The van der Waals surface area contributed by atoms with Crippen LogP contribution in [0.1, 0.15) is 44.9 Å². The van der Waals surface area contributed by atoms with Gasteiger partial charge < -0.3 is 5.21 Å². The van der Waals surface area contributed by atoms with Crippen molar-refractivity contribution in [3.05, 3.63) is 0 Å². The van der Waals surface area contributed by atoms with E-state index in [1.165, 1.54) is 38.5 Å². The lowest BCUT2D eigenvalue weighted by Crippen LogP contribution is -2.31. The van der Waals surface area contributed by atoms with Gasteiger partial charge in [0.15, 0.2) is 0 Å². The molecule has 2 unspecified atom stereocenters. The van der Waals surface area contributed by atoms with Crippen molar-refractivity contribution in [3.63, 3.8) is 0 Å². The zero-order valence-corrected chi connectivity index (χ0v) is 7.50. The van der Waals surface area contributed by atoms with Gasteiger partial charge in [-0.3, -0.25) is 0 Å². The van der Waals surface area contributed by atoms with E-state index < -0.39 is 0 Å². The summed E-state index contributed by atoms with van der Waals surface area (Å²) in [6.45, 7) is 0. The van der Waals surface area contributed by atoms with Crippen LogP contribution in [-0.2, 0) is 0 Å². The van der Waals surface area contributed by atoms with Crippen molar-refractivity contribution in [2.24, 2.45) is 17.0 Å². The van der Waals surface area contributed by atoms with Crippen molar-refractivity contribution < 1.29 is 5.21 Å². The van der Waals surface area contributed by atoms with E-state index in [1.807, 2.05) is 0 Å². The van der Waals surface area contributed by atoms with Crippen LogP contribution in [-0.4, -0.2) is 10.9 Å². The average molecular weight is 167 g/mol. The molecule has 12 heavy (non-hydrogen) atoms. The molecule has 2 saturated carbocycles. The molecule has 0 aromatic carbocycles. The van der Waals surface area contributed by atoms with Gasteiger partial charge >= 0.3 is 0 Å². The lowest BCUT2D eigenvalue weighted by atomic mass is 9.70. The van der Waals surface area contributed by atoms with Crippen molar-refractivity contribution in [2.75, 3.05) is 0 Å². The van der Waals surface area contributed by atoms with Crippen molar-refractivity contribution in [2.45, 2.75) is 44.9 Å². The van der Waals surface area contributed by atoms with Gasteiger partial charge in [0.25, 0.3) is 0 Å². The van der Waals surface area contributed by atoms with Crippen LogP contribution in [0.3, 0.4) is 0 Å². The number of hydrogen-bond acceptors (Lipinski definition) is 2. The summed E-state index contributed by atoms with van der Waals surface area (Å²) in [6.07, 6.45) is 9.00. The Bertz CT molecular complexity index is 186. The summed E-state index contributed by atoms with van der Waals surface area (Å²) in [5.74, 6) is 1.48. The van der Waals surface area contributed by atoms with Gasteiger partial charge in [-0.1, -0.05) is 18.0 Å². The third kappa shape index (κ3) is 1.35. The number of nitrogens with zero attached hydrogens (tertiary/aromatic N) is 1. The lowest BCUT2D eigenvalue weighted by molar-refractivity contribution is 0.243. The first-order valence-electron chi connectivity index (χ1n) is 5.12. The quantitative estimate of drug-likeness (QED) is 0.436. The number of rotatable bonds is 0. The summed E-state index contributed by atoms with van der Waals surface area (Å²) in [6, 6.07) is 0. The Labute approximate surface area is 73.7 Å². The van der Waals surface area contributed by atoms with Crippen LogP contribution < -0.4 is 0 Å². The number of oxime groups is 1. The van der Waals surface area contributed by atoms with E-state index >= 15 is 0 Å². The van der Waals surface area contributed by atoms with Crippen LogP contribution in [0.5, 0.6) is 0 Å². The molecule has 0 aromatic heterocycles. The summed E-state index contributed by atoms with van der Waals surface area (Å²) < 4.78 is 0. The molecule has 2 fully saturated rings. The number of fused-ring (bicyclic) bond motifs is 1. The molecule has 0 spiro atoms. The molecule has 0 saturated heterocycles. The molecule has 0 radical (unpaired) electrons. The lowest BCUT2D eigenvalue weighted by Gasteiger charge is -2.35. The summed E-state index contributed by atoms with van der Waals surface area (Å²) in [5, 5.41) is 12.3. The van der Waals surface area contributed by atoms with E-state index in [0.717, 1.165) is 18.1 Å². The molecule has 1 N–H and O–H groups in total. The van der Waals surface area contributed by atoms with Crippen LogP contribution in [0, 0.1) is 11.8 Å². The van der Waals surface area contributed by atoms with Gasteiger partial charge in [-0.2, -0.15) is 0 Å². The third-order valence-electron chi connectivity index (χ3n) is 3.47. The van der Waals surface area contributed by atoms with Crippen molar-refractivity contribution >= 4 is 5.71 Å². The zero-order valence-electron chi connectivity index (χ0n) is 7.50. The zero-order chi connectivity index (χ0) is 8.39. The summed E-state index contributed by atoms with van der Waals surface area (Å²) in [5.41, 5.74) is 1.09. The van der Waals surface area contributed by atoms with E-state index in [1.54, 1.807) is 0 Å². The summed E-state index contributed by atoms with van der Waals surface area (Å²) in [7, 11) is 0. The van der Waals surface area contributed by atoms with Gasteiger partial charge in [-0.15, -0.1) is 0 Å². The molecule has 2 aliphatic rings. The highest BCUT2D eigenvalue weighted by molar-refractivity contribution is 5.87. The Balaban J connectivity index is 2.09. The van der Waals surface area contributed by atoms with Crippen LogP contribution >= 0.6 is 0 Å². The SMILES string of the molecule is O/N=C1/CCCC2CCCCC12. The first kappa shape index (κ1) is 8.09. The van der Waals surface area contributed by atoms with Gasteiger partial charge in [0.2, 0.25) is 0 Å². The van der Waals surface area contributed by atoms with Crippen LogP contribution in [0.25, 0.3) is 0 Å². The van der Waals surface area contributed by atoms with Gasteiger partial charge in [-0.25, -0.2) is 0 Å². The van der Waals surface area contributed by atoms with E-state index in [0.29, 0.717) is 5.92 Å². The minimum Gasteiger partial charge on any atom is -0.411 e. The Hall–Kier alpha value is -0.530. The summed E-state index contributed by atoms with van der Waals surface area (Å²) in [4.78, 5) is 0. The predicted octanol–water partition coefficient (Wildman–Crippen LogP) is 2.81. The Kier molecular flexibility index (Phi) is 2.33. The Morgan fingerprint density at radius 3 is 2.67 bits per heavy atom. The minimum absolute atomic E-state index is 0.637. The van der Waals surface area contributed by atoms with Crippen molar-refractivity contribution in [3.8, 4) is 0 Å². The van der Waals surface area contributed by atoms with Crippen molar-refractivity contribution in [1.29, 1.82) is 0 Å². The van der Waals surface area contributed by atoms with Gasteiger partial charge in [0, 0.05) is 5.92 Å². The fraction of sp³-hybridized carbons (Fsp3) is 0.900. The topological polar surface area (TPSA) is 32.6 Å². The average Bonchev–Trinajstić information content (AvgIpc) is 2.17. The molecule has 2 atom stereocenters.